The van der Waals surface area contributed by atoms with Gasteiger partial charge in [0.1, 0.15) is 6.79 Å². The number of nitrogens with zero attached hydrogens (tertiary/aromatic N) is 1. The Morgan fingerprint density at radius 3 is 2.62 bits per heavy atom. The smallest absolute Gasteiger partial charge is 0.143 e. The second kappa shape index (κ2) is 6.32. The van der Waals surface area contributed by atoms with E-state index in [1.807, 2.05) is 0 Å². The average Bonchev–Trinajstić information content (AvgIpc) is 2.19. The van der Waals surface area contributed by atoms with E-state index in [9.17, 15) is 0 Å². The molecule has 0 amide bonds. The molecule has 0 aromatic rings. The lowest BCUT2D eigenvalue weighted by atomic mass is 10.1. The molecule has 0 radical (unpaired) electrons. The molecule has 1 N–H and O–H groups in total. The fourth-order valence-electron chi connectivity index (χ4n) is 1.63. The van der Waals surface area contributed by atoms with Crippen molar-refractivity contribution < 1.29 is 14.6 Å². The highest BCUT2D eigenvalue weighted by molar-refractivity contribution is 4.71. The highest BCUT2D eigenvalue weighted by Crippen LogP contribution is 2.11. The largest absolute Gasteiger partial charge is 0.381 e. The molecule has 0 aromatic carbocycles. The monoisotopic (exact) mass is 189 g/mol. The Morgan fingerprint density at radius 1 is 1.38 bits per heavy atom. The molecule has 4 heteroatoms. The van der Waals surface area contributed by atoms with Gasteiger partial charge in [0.2, 0.25) is 0 Å². The van der Waals surface area contributed by atoms with Crippen molar-refractivity contribution in [3.05, 3.63) is 0 Å². The summed E-state index contributed by atoms with van der Waals surface area (Å²) in [4.78, 5) is 2.34. The third-order valence-electron chi connectivity index (χ3n) is 2.51. The SMILES string of the molecule is COC1CCN(CCOCO)CC1. The van der Waals surface area contributed by atoms with E-state index in [1.54, 1.807) is 7.11 Å². The van der Waals surface area contributed by atoms with E-state index in [0.717, 1.165) is 32.5 Å². The van der Waals surface area contributed by atoms with E-state index in [1.165, 1.54) is 0 Å². The first-order valence-corrected chi connectivity index (χ1v) is 4.80. The van der Waals surface area contributed by atoms with Gasteiger partial charge in [0.15, 0.2) is 0 Å². The first-order chi connectivity index (χ1) is 6.36. The van der Waals surface area contributed by atoms with Gasteiger partial charge in [-0.15, -0.1) is 0 Å². The van der Waals surface area contributed by atoms with Gasteiger partial charge in [0.05, 0.1) is 12.7 Å². The van der Waals surface area contributed by atoms with Gasteiger partial charge in [-0.3, -0.25) is 0 Å². The van der Waals surface area contributed by atoms with E-state index in [0.29, 0.717) is 12.7 Å². The molecule has 0 unspecified atom stereocenters. The van der Waals surface area contributed by atoms with Crippen molar-refractivity contribution in [2.45, 2.75) is 18.9 Å². The Hall–Kier alpha value is -0.160. The van der Waals surface area contributed by atoms with Crippen LogP contribution in [0.4, 0.5) is 0 Å². The normalized spacial score (nSPS) is 20.8. The molecule has 0 spiro atoms. The number of aliphatic hydroxyl groups is 1. The molecule has 78 valence electrons. The summed E-state index contributed by atoms with van der Waals surface area (Å²) < 4.78 is 10.1. The molecular formula is C9H19NO3. The number of rotatable bonds is 5. The average molecular weight is 189 g/mol. The highest BCUT2D eigenvalue weighted by Gasteiger charge is 2.17. The van der Waals surface area contributed by atoms with Crippen LogP contribution in [0.15, 0.2) is 0 Å². The maximum atomic E-state index is 8.42. The van der Waals surface area contributed by atoms with Gasteiger partial charge in [-0.05, 0) is 12.8 Å². The van der Waals surface area contributed by atoms with Crippen molar-refractivity contribution in [2.24, 2.45) is 0 Å². The third kappa shape index (κ3) is 4.04. The van der Waals surface area contributed by atoms with Gasteiger partial charge in [-0.1, -0.05) is 0 Å². The minimum Gasteiger partial charge on any atom is -0.381 e. The third-order valence-corrected chi connectivity index (χ3v) is 2.51. The van der Waals surface area contributed by atoms with Crippen LogP contribution in [0, 0.1) is 0 Å². The molecule has 1 saturated heterocycles. The lowest BCUT2D eigenvalue weighted by Crippen LogP contribution is -2.38. The predicted octanol–water partition coefficient (Wildman–Crippen LogP) is 0.0636. The lowest BCUT2D eigenvalue weighted by Gasteiger charge is -2.30. The Morgan fingerprint density at radius 2 is 2.08 bits per heavy atom. The molecule has 0 atom stereocenters. The molecule has 1 aliphatic heterocycles. The number of methoxy groups -OCH3 is 1. The zero-order valence-electron chi connectivity index (χ0n) is 8.24. The summed E-state index contributed by atoms with van der Waals surface area (Å²) in [5, 5.41) is 8.42. The Bertz CT molecular complexity index is 121. The lowest BCUT2D eigenvalue weighted by molar-refractivity contribution is -0.0189. The zero-order valence-corrected chi connectivity index (χ0v) is 8.24. The quantitative estimate of drug-likeness (QED) is 0.490. The second-order valence-corrected chi connectivity index (χ2v) is 3.31. The number of likely N-dealkylation sites (tertiary alicyclic amines) is 1. The van der Waals surface area contributed by atoms with Gasteiger partial charge in [-0.25, -0.2) is 0 Å². The minimum atomic E-state index is -0.172. The standard InChI is InChI=1S/C9H19NO3/c1-12-9-2-4-10(5-3-9)6-7-13-8-11/h9,11H,2-8H2,1H3. The van der Waals surface area contributed by atoms with Crippen LogP contribution in [0.1, 0.15) is 12.8 Å². The van der Waals surface area contributed by atoms with Crippen molar-refractivity contribution in [2.75, 3.05) is 40.1 Å². The van der Waals surface area contributed by atoms with Crippen molar-refractivity contribution in [1.29, 1.82) is 0 Å². The van der Waals surface area contributed by atoms with Crippen LogP contribution < -0.4 is 0 Å². The van der Waals surface area contributed by atoms with Gasteiger partial charge in [-0.2, -0.15) is 0 Å². The van der Waals surface area contributed by atoms with Crippen LogP contribution in [-0.2, 0) is 9.47 Å². The molecule has 1 rings (SSSR count). The molecule has 1 heterocycles. The topological polar surface area (TPSA) is 41.9 Å². The Labute approximate surface area is 79.4 Å². The van der Waals surface area contributed by atoms with Crippen molar-refractivity contribution in [3.63, 3.8) is 0 Å². The van der Waals surface area contributed by atoms with E-state index >= 15 is 0 Å². The van der Waals surface area contributed by atoms with E-state index < -0.39 is 0 Å². The summed E-state index contributed by atoms with van der Waals surface area (Å²) in [7, 11) is 1.77. The summed E-state index contributed by atoms with van der Waals surface area (Å²) in [5.41, 5.74) is 0. The molecule has 1 aliphatic rings. The van der Waals surface area contributed by atoms with Crippen molar-refractivity contribution in [1.82, 2.24) is 4.90 Å². The van der Waals surface area contributed by atoms with Gasteiger partial charge in [0.25, 0.3) is 0 Å². The minimum absolute atomic E-state index is 0.172. The van der Waals surface area contributed by atoms with Gasteiger partial charge >= 0.3 is 0 Å². The van der Waals surface area contributed by atoms with E-state index in [-0.39, 0.29) is 6.79 Å². The van der Waals surface area contributed by atoms with Crippen LogP contribution in [0.3, 0.4) is 0 Å². The number of aliphatic hydroxyl groups excluding tert-OH is 1. The maximum absolute atomic E-state index is 8.42. The van der Waals surface area contributed by atoms with Gasteiger partial charge in [0, 0.05) is 26.7 Å². The van der Waals surface area contributed by atoms with Crippen LogP contribution in [0.2, 0.25) is 0 Å². The molecule has 0 bridgehead atoms. The summed E-state index contributed by atoms with van der Waals surface area (Å²) in [5.74, 6) is 0. The fourth-order valence-corrected chi connectivity index (χ4v) is 1.63. The predicted molar refractivity (Wildman–Crippen MR) is 49.5 cm³/mol. The maximum Gasteiger partial charge on any atom is 0.143 e. The number of ether oxygens (including phenoxy) is 2. The summed E-state index contributed by atoms with van der Waals surface area (Å²) >= 11 is 0. The van der Waals surface area contributed by atoms with Crippen LogP contribution in [-0.4, -0.2) is 56.3 Å². The summed E-state index contributed by atoms with van der Waals surface area (Å²) in [6, 6.07) is 0. The molecule has 13 heavy (non-hydrogen) atoms. The van der Waals surface area contributed by atoms with E-state index in [4.69, 9.17) is 14.6 Å². The Balaban J connectivity index is 2.03. The van der Waals surface area contributed by atoms with Crippen LogP contribution in [0.5, 0.6) is 0 Å². The Kier molecular flexibility index (Phi) is 5.31. The second-order valence-electron chi connectivity index (χ2n) is 3.31. The summed E-state index contributed by atoms with van der Waals surface area (Å²) in [6.07, 6.45) is 2.65. The van der Waals surface area contributed by atoms with Crippen LogP contribution >= 0.6 is 0 Å². The molecule has 1 fully saturated rings. The van der Waals surface area contributed by atoms with Crippen molar-refractivity contribution >= 4 is 0 Å². The molecule has 0 aromatic heterocycles. The number of hydrogen-bond acceptors (Lipinski definition) is 4. The highest BCUT2D eigenvalue weighted by atomic mass is 16.6. The number of hydrogen-bond donors (Lipinski definition) is 1. The van der Waals surface area contributed by atoms with Crippen LogP contribution in [0.25, 0.3) is 0 Å². The summed E-state index contributed by atoms with van der Waals surface area (Å²) in [6.45, 7) is 3.51. The van der Waals surface area contributed by atoms with E-state index in [2.05, 4.69) is 4.90 Å². The molecular weight excluding hydrogens is 170 g/mol. The molecule has 0 aliphatic carbocycles. The zero-order chi connectivity index (χ0) is 9.52. The first-order valence-electron chi connectivity index (χ1n) is 4.80. The first kappa shape index (κ1) is 10.9. The molecule has 0 saturated carbocycles. The van der Waals surface area contributed by atoms with Crippen molar-refractivity contribution in [3.8, 4) is 0 Å². The fraction of sp³-hybridized carbons (Fsp3) is 1.00. The number of piperidine rings is 1. The van der Waals surface area contributed by atoms with Gasteiger partial charge < -0.3 is 19.5 Å². The molecule has 4 nitrogen and oxygen atoms in total.